The van der Waals surface area contributed by atoms with Crippen LogP contribution in [0.25, 0.3) is 0 Å². The minimum absolute atomic E-state index is 0.119. The van der Waals surface area contributed by atoms with Crippen molar-refractivity contribution in [2.75, 3.05) is 6.54 Å². The molecule has 0 bridgehead atoms. The number of carbonyl (C=O) groups is 2. The van der Waals surface area contributed by atoms with E-state index in [4.69, 9.17) is 11.5 Å². The fourth-order valence-corrected chi connectivity index (χ4v) is 2.55. The standard InChI is InChI=1S/C14H27N3O2/c15-12-7-4-11(5-8-12)6-9-14(19)17-10-2-1-3-13(16)18/h11-12H,1-10,15H2,(H2,16,18)(H,17,19). The van der Waals surface area contributed by atoms with Crippen molar-refractivity contribution < 1.29 is 9.59 Å². The van der Waals surface area contributed by atoms with Crippen LogP contribution in [0.2, 0.25) is 0 Å². The van der Waals surface area contributed by atoms with E-state index in [9.17, 15) is 9.59 Å². The molecular weight excluding hydrogens is 242 g/mol. The highest BCUT2D eigenvalue weighted by molar-refractivity contribution is 5.75. The third kappa shape index (κ3) is 7.82. The highest BCUT2D eigenvalue weighted by atomic mass is 16.1. The van der Waals surface area contributed by atoms with Crippen molar-refractivity contribution >= 4 is 11.8 Å². The molecule has 0 aromatic carbocycles. The summed E-state index contributed by atoms with van der Waals surface area (Å²) < 4.78 is 0. The maximum atomic E-state index is 11.6. The van der Waals surface area contributed by atoms with E-state index in [-0.39, 0.29) is 11.8 Å². The van der Waals surface area contributed by atoms with Crippen LogP contribution in [0, 0.1) is 5.92 Å². The number of nitrogens with two attached hydrogens (primary N) is 2. The largest absolute Gasteiger partial charge is 0.370 e. The molecule has 0 aliphatic heterocycles. The molecular formula is C14H27N3O2. The Morgan fingerprint density at radius 3 is 2.37 bits per heavy atom. The van der Waals surface area contributed by atoms with Crippen LogP contribution >= 0.6 is 0 Å². The first-order valence-electron chi connectivity index (χ1n) is 7.38. The van der Waals surface area contributed by atoms with E-state index in [0.29, 0.717) is 31.3 Å². The summed E-state index contributed by atoms with van der Waals surface area (Å²) >= 11 is 0. The molecule has 110 valence electrons. The predicted molar refractivity (Wildman–Crippen MR) is 75.2 cm³/mol. The molecule has 0 unspecified atom stereocenters. The smallest absolute Gasteiger partial charge is 0.220 e. The first-order valence-corrected chi connectivity index (χ1v) is 7.38. The molecule has 0 aromatic rings. The van der Waals surface area contributed by atoms with E-state index in [0.717, 1.165) is 44.9 Å². The summed E-state index contributed by atoms with van der Waals surface area (Å²) in [5.74, 6) is 0.510. The van der Waals surface area contributed by atoms with E-state index < -0.39 is 0 Å². The molecule has 1 aliphatic rings. The number of hydrogen-bond donors (Lipinski definition) is 3. The van der Waals surface area contributed by atoms with Gasteiger partial charge in [-0.05, 0) is 50.9 Å². The van der Waals surface area contributed by atoms with Gasteiger partial charge in [0.2, 0.25) is 11.8 Å². The van der Waals surface area contributed by atoms with Gasteiger partial charge in [-0.1, -0.05) is 0 Å². The van der Waals surface area contributed by atoms with Crippen molar-refractivity contribution in [1.82, 2.24) is 5.32 Å². The topological polar surface area (TPSA) is 98.2 Å². The maximum Gasteiger partial charge on any atom is 0.220 e. The molecule has 0 spiro atoms. The Morgan fingerprint density at radius 1 is 1.05 bits per heavy atom. The zero-order valence-corrected chi connectivity index (χ0v) is 11.7. The molecule has 5 nitrogen and oxygen atoms in total. The molecule has 1 fully saturated rings. The number of unbranched alkanes of at least 4 members (excludes halogenated alkanes) is 1. The van der Waals surface area contributed by atoms with Crippen LogP contribution in [0.1, 0.15) is 57.8 Å². The number of nitrogens with one attached hydrogen (secondary N) is 1. The van der Waals surface area contributed by atoms with Crippen LogP contribution in [-0.4, -0.2) is 24.4 Å². The number of hydrogen-bond acceptors (Lipinski definition) is 3. The van der Waals surface area contributed by atoms with Gasteiger partial charge in [0, 0.05) is 25.4 Å². The van der Waals surface area contributed by atoms with Crippen LogP contribution in [-0.2, 0) is 9.59 Å². The molecule has 1 aliphatic carbocycles. The van der Waals surface area contributed by atoms with E-state index in [2.05, 4.69) is 5.32 Å². The summed E-state index contributed by atoms with van der Waals surface area (Å²) in [7, 11) is 0. The third-order valence-electron chi connectivity index (χ3n) is 3.84. The third-order valence-corrected chi connectivity index (χ3v) is 3.84. The minimum Gasteiger partial charge on any atom is -0.370 e. The van der Waals surface area contributed by atoms with Crippen LogP contribution in [0.4, 0.5) is 0 Å². The fourth-order valence-electron chi connectivity index (χ4n) is 2.55. The van der Waals surface area contributed by atoms with Crippen molar-refractivity contribution in [2.45, 2.75) is 63.8 Å². The zero-order valence-electron chi connectivity index (χ0n) is 11.7. The molecule has 1 rings (SSSR count). The van der Waals surface area contributed by atoms with Crippen molar-refractivity contribution in [1.29, 1.82) is 0 Å². The van der Waals surface area contributed by atoms with Gasteiger partial charge in [-0.2, -0.15) is 0 Å². The first kappa shape index (κ1) is 16.0. The molecule has 2 amide bonds. The van der Waals surface area contributed by atoms with Crippen LogP contribution in [0.5, 0.6) is 0 Å². The summed E-state index contributed by atoms with van der Waals surface area (Å²) in [4.78, 5) is 22.1. The van der Waals surface area contributed by atoms with Gasteiger partial charge in [-0.25, -0.2) is 0 Å². The second kappa shape index (κ2) is 8.91. The Labute approximate surface area is 115 Å². The lowest BCUT2D eigenvalue weighted by molar-refractivity contribution is -0.121. The van der Waals surface area contributed by atoms with Crippen LogP contribution in [0.15, 0.2) is 0 Å². The number of rotatable bonds is 8. The van der Waals surface area contributed by atoms with E-state index in [1.165, 1.54) is 0 Å². The number of amides is 2. The van der Waals surface area contributed by atoms with E-state index >= 15 is 0 Å². The summed E-state index contributed by atoms with van der Waals surface area (Å²) in [6.07, 6.45) is 8.05. The van der Waals surface area contributed by atoms with E-state index in [1.807, 2.05) is 0 Å². The monoisotopic (exact) mass is 269 g/mol. The predicted octanol–water partition coefficient (Wildman–Crippen LogP) is 1.06. The van der Waals surface area contributed by atoms with Gasteiger partial charge in [-0.3, -0.25) is 9.59 Å². The average Bonchev–Trinajstić information content (AvgIpc) is 2.37. The molecule has 0 atom stereocenters. The summed E-state index contributed by atoms with van der Waals surface area (Å²) in [5, 5.41) is 2.89. The lowest BCUT2D eigenvalue weighted by atomic mass is 9.84. The Bertz CT molecular complexity index is 286. The average molecular weight is 269 g/mol. The molecule has 19 heavy (non-hydrogen) atoms. The van der Waals surface area contributed by atoms with Gasteiger partial charge in [0.05, 0.1) is 0 Å². The van der Waals surface area contributed by atoms with Gasteiger partial charge >= 0.3 is 0 Å². The van der Waals surface area contributed by atoms with Gasteiger partial charge in [0.15, 0.2) is 0 Å². The van der Waals surface area contributed by atoms with Crippen molar-refractivity contribution in [3.63, 3.8) is 0 Å². The van der Waals surface area contributed by atoms with Gasteiger partial charge in [0.1, 0.15) is 0 Å². The highest BCUT2D eigenvalue weighted by Crippen LogP contribution is 2.26. The van der Waals surface area contributed by atoms with Crippen LogP contribution < -0.4 is 16.8 Å². The van der Waals surface area contributed by atoms with E-state index in [1.54, 1.807) is 0 Å². The lowest BCUT2D eigenvalue weighted by Crippen LogP contribution is -2.28. The van der Waals surface area contributed by atoms with Crippen molar-refractivity contribution in [3.8, 4) is 0 Å². The van der Waals surface area contributed by atoms with Crippen molar-refractivity contribution in [2.24, 2.45) is 17.4 Å². The molecule has 0 saturated heterocycles. The van der Waals surface area contributed by atoms with Gasteiger partial charge in [0.25, 0.3) is 0 Å². The Kier molecular flexibility index (Phi) is 7.48. The molecule has 5 N–H and O–H groups in total. The fraction of sp³-hybridized carbons (Fsp3) is 0.857. The van der Waals surface area contributed by atoms with Gasteiger partial charge < -0.3 is 16.8 Å². The lowest BCUT2D eigenvalue weighted by Gasteiger charge is -2.25. The normalized spacial score (nSPS) is 23.0. The molecule has 0 radical (unpaired) electrons. The summed E-state index contributed by atoms with van der Waals surface area (Å²) in [6.45, 7) is 0.641. The van der Waals surface area contributed by atoms with Crippen molar-refractivity contribution in [3.05, 3.63) is 0 Å². The summed E-state index contributed by atoms with van der Waals surface area (Å²) in [6, 6.07) is 0.371. The maximum absolute atomic E-state index is 11.6. The molecule has 0 aromatic heterocycles. The molecule has 5 heteroatoms. The zero-order chi connectivity index (χ0) is 14.1. The molecule has 0 heterocycles. The number of carbonyl (C=O) groups excluding carboxylic acids is 2. The second-order valence-electron chi connectivity index (χ2n) is 5.59. The Morgan fingerprint density at radius 2 is 1.74 bits per heavy atom. The number of primary amides is 1. The SMILES string of the molecule is NC(=O)CCCCNC(=O)CCC1CCC(N)CC1. The summed E-state index contributed by atoms with van der Waals surface area (Å²) in [5.41, 5.74) is 10.9. The minimum atomic E-state index is -0.276. The highest BCUT2D eigenvalue weighted by Gasteiger charge is 2.18. The quantitative estimate of drug-likeness (QED) is 0.574. The first-order chi connectivity index (χ1) is 9.08. The van der Waals surface area contributed by atoms with Gasteiger partial charge in [-0.15, -0.1) is 0 Å². The van der Waals surface area contributed by atoms with Crippen LogP contribution in [0.3, 0.4) is 0 Å². The Balaban J connectivity index is 1.97. The Hall–Kier alpha value is -1.10. The molecule has 1 saturated carbocycles. The second-order valence-corrected chi connectivity index (χ2v) is 5.59.